The summed E-state index contributed by atoms with van der Waals surface area (Å²) in [5, 5.41) is 3.32. The second kappa shape index (κ2) is 6.06. The van der Waals surface area contributed by atoms with Crippen LogP contribution in [0, 0.1) is 6.92 Å². The van der Waals surface area contributed by atoms with E-state index in [4.69, 9.17) is 5.73 Å². The normalized spacial score (nSPS) is 16.1. The van der Waals surface area contributed by atoms with Gasteiger partial charge in [-0.05, 0) is 44.4 Å². The van der Waals surface area contributed by atoms with E-state index in [-0.39, 0.29) is 11.9 Å². The van der Waals surface area contributed by atoms with Crippen LogP contribution in [0.4, 0.5) is 5.69 Å². The number of primary amides is 1. The lowest BCUT2D eigenvalue weighted by Crippen LogP contribution is -2.50. The highest BCUT2D eigenvalue weighted by molar-refractivity contribution is 5.80. The van der Waals surface area contributed by atoms with Gasteiger partial charge in [0.1, 0.15) is 6.04 Å². The molecule has 3 N–H and O–H groups in total. The standard InChI is InChI=1S/C15H23N3O/c1-3-18(13-6-4-5-11(2)9-13)10-14(15(16)19)17-12-7-8-12/h4-6,9,12,14,17H,3,7-8,10H2,1-2H3,(H2,16,19). The fourth-order valence-corrected chi connectivity index (χ4v) is 2.22. The van der Waals surface area contributed by atoms with Crippen molar-refractivity contribution in [3.05, 3.63) is 29.8 Å². The van der Waals surface area contributed by atoms with Gasteiger partial charge in [0.15, 0.2) is 0 Å². The number of aryl methyl sites for hydroxylation is 1. The van der Waals surface area contributed by atoms with E-state index in [1.807, 2.05) is 6.07 Å². The first-order valence-electron chi connectivity index (χ1n) is 6.97. The molecular weight excluding hydrogens is 238 g/mol. The maximum absolute atomic E-state index is 11.5. The molecule has 0 heterocycles. The Morgan fingerprint density at radius 2 is 2.26 bits per heavy atom. The van der Waals surface area contributed by atoms with E-state index >= 15 is 0 Å². The number of benzene rings is 1. The van der Waals surface area contributed by atoms with Crippen molar-refractivity contribution in [2.75, 3.05) is 18.0 Å². The molecule has 0 radical (unpaired) electrons. The Balaban J connectivity index is 2.05. The van der Waals surface area contributed by atoms with Crippen molar-refractivity contribution >= 4 is 11.6 Å². The molecular formula is C15H23N3O. The molecule has 0 aromatic heterocycles. The lowest BCUT2D eigenvalue weighted by atomic mass is 10.2. The molecule has 1 saturated carbocycles. The third kappa shape index (κ3) is 3.96. The van der Waals surface area contributed by atoms with Crippen LogP contribution >= 0.6 is 0 Å². The second-order valence-corrected chi connectivity index (χ2v) is 5.27. The Morgan fingerprint density at radius 3 is 2.79 bits per heavy atom. The molecule has 0 spiro atoms. The Hall–Kier alpha value is -1.55. The van der Waals surface area contributed by atoms with Gasteiger partial charge in [0.05, 0.1) is 0 Å². The van der Waals surface area contributed by atoms with Gasteiger partial charge in [-0.2, -0.15) is 0 Å². The maximum Gasteiger partial charge on any atom is 0.236 e. The minimum Gasteiger partial charge on any atom is -0.370 e. The molecule has 1 unspecified atom stereocenters. The number of amides is 1. The molecule has 1 aliphatic rings. The number of hydrogen-bond acceptors (Lipinski definition) is 3. The van der Waals surface area contributed by atoms with Gasteiger partial charge >= 0.3 is 0 Å². The topological polar surface area (TPSA) is 58.4 Å². The molecule has 1 aromatic carbocycles. The van der Waals surface area contributed by atoms with Crippen molar-refractivity contribution in [3.63, 3.8) is 0 Å². The largest absolute Gasteiger partial charge is 0.370 e. The number of nitrogens with zero attached hydrogens (tertiary/aromatic N) is 1. The molecule has 1 atom stereocenters. The monoisotopic (exact) mass is 261 g/mol. The average molecular weight is 261 g/mol. The number of hydrogen-bond donors (Lipinski definition) is 2. The minimum absolute atomic E-state index is 0.266. The fraction of sp³-hybridized carbons (Fsp3) is 0.533. The van der Waals surface area contributed by atoms with Gasteiger partial charge in [-0.15, -0.1) is 0 Å². The van der Waals surface area contributed by atoms with Crippen LogP contribution in [0.2, 0.25) is 0 Å². The van der Waals surface area contributed by atoms with E-state index in [0.29, 0.717) is 12.6 Å². The van der Waals surface area contributed by atoms with Crippen molar-refractivity contribution in [2.24, 2.45) is 5.73 Å². The fourth-order valence-electron chi connectivity index (χ4n) is 2.22. The van der Waals surface area contributed by atoms with Crippen LogP contribution < -0.4 is 16.0 Å². The molecule has 4 nitrogen and oxygen atoms in total. The van der Waals surface area contributed by atoms with Crippen LogP contribution in [0.1, 0.15) is 25.3 Å². The Kier molecular flexibility index (Phi) is 4.43. The smallest absolute Gasteiger partial charge is 0.236 e. The molecule has 0 bridgehead atoms. The lowest BCUT2D eigenvalue weighted by Gasteiger charge is -2.27. The van der Waals surface area contributed by atoms with Crippen molar-refractivity contribution in [1.29, 1.82) is 0 Å². The average Bonchev–Trinajstić information content (AvgIpc) is 3.18. The summed E-state index contributed by atoms with van der Waals surface area (Å²) in [5.74, 6) is -0.266. The Bertz CT molecular complexity index is 443. The number of likely N-dealkylation sites (N-methyl/N-ethyl adjacent to an activating group) is 1. The number of nitrogens with two attached hydrogens (primary N) is 1. The zero-order valence-electron chi connectivity index (χ0n) is 11.7. The molecule has 104 valence electrons. The summed E-state index contributed by atoms with van der Waals surface area (Å²) in [6.45, 7) is 5.66. The van der Waals surface area contributed by atoms with Gasteiger partial charge in [-0.1, -0.05) is 12.1 Å². The van der Waals surface area contributed by atoms with E-state index in [0.717, 1.165) is 25.1 Å². The lowest BCUT2D eigenvalue weighted by molar-refractivity contribution is -0.119. The quantitative estimate of drug-likeness (QED) is 0.780. The predicted octanol–water partition coefficient (Wildman–Crippen LogP) is 1.43. The number of carbonyl (C=O) groups excluding carboxylic acids is 1. The van der Waals surface area contributed by atoms with Gasteiger partial charge in [-0.3, -0.25) is 4.79 Å². The summed E-state index contributed by atoms with van der Waals surface area (Å²) < 4.78 is 0. The molecule has 1 aliphatic carbocycles. The van der Waals surface area contributed by atoms with Crippen LogP contribution in [-0.2, 0) is 4.79 Å². The summed E-state index contributed by atoms with van der Waals surface area (Å²) in [6.07, 6.45) is 2.31. The van der Waals surface area contributed by atoms with Crippen LogP contribution in [0.3, 0.4) is 0 Å². The summed E-state index contributed by atoms with van der Waals surface area (Å²) >= 11 is 0. The first-order chi connectivity index (χ1) is 9.10. The highest BCUT2D eigenvalue weighted by Gasteiger charge is 2.28. The van der Waals surface area contributed by atoms with Gasteiger partial charge < -0.3 is 16.0 Å². The minimum atomic E-state index is -0.270. The van der Waals surface area contributed by atoms with E-state index in [1.54, 1.807) is 0 Å². The van der Waals surface area contributed by atoms with Gasteiger partial charge in [0.2, 0.25) is 5.91 Å². The van der Waals surface area contributed by atoms with E-state index in [1.165, 1.54) is 5.56 Å². The molecule has 0 saturated heterocycles. The molecule has 4 heteroatoms. The third-order valence-electron chi connectivity index (χ3n) is 3.51. The molecule has 0 aliphatic heterocycles. The zero-order chi connectivity index (χ0) is 13.8. The second-order valence-electron chi connectivity index (χ2n) is 5.27. The van der Waals surface area contributed by atoms with Crippen LogP contribution in [-0.4, -0.2) is 31.1 Å². The molecule has 1 aromatic rings. The predicted molar refractivity (Wildman–Crippen MR) is 78.2 cm³/mol. The number of rotatable bonds is 7. The van der Waals surface area contributed by atoms with E-state index in [9.17, 15) is 4.79 Å². The van der Waals surface area contributed by atoms with Crippen molar-refractivity contribution in [3.8, 4) is 0 Å². The van der Waals surface area contributed by atoms with Gasteiger partial charge in [0.25, 0.3) is 0 Å². The SMILES string of the molecule is CCN(CC(NC1CC1)C(N)=O)c1cccc(C)c1. The molecule has 1 amide bonds. The van der Waals surface area contributed by atoms with Crippen LogP contribution in [0.15, 0.2) is 24.3 Å². The third-order valence-corrected chi connectivity index (χ3v) is 3.51. The number of carbonyl (C=O) groups is 1. The van der Waals surface area contributed by atoms with Crippen molar-refractivity contribution in [1.82, 2.24) is 5.32 Å². The van der Waals surface area contributed by atoms with Gasteiger partial charge in [-0.25, -0.2) is 0 Å². The summed E-state index contributed by atoms with van der Waals surface area (Å²) in [5.41, 5.74) is 7.86. The van der Waals surface area contributed by atoms with E-state index in [2.05, 4.69) is 42.3 Å². The number of nitrogens with one attached hydrogen (secondary N) is 1. The highest BCUT2D eigenvalue weighted by Crippen LogP contribution is 2.21. The molecule has 1 fully saturated rings. The van der Waals surface area contributed by atoms with Crippen molar-refractivity contribution < 1.29 is 4.79 Å². The number of anilines is 1. The Labute approximate surface area is 115 Å². The first-order valence-corrected chi connectivity index (χ1v) is 6.97. The van der Waals surface area contributed by atoms with E-state index < -0.39 is 0 Å². The van der Waals surface area contributed by atoms with Crippen LogP contribution in [0.25, 0.3) is 0 Å². The Morgan fingerprint density at radius 1 is 1.53 bits per heavy atom. The summed E-state index contributed by atoms with van der Waals surface area (Å²) in [6, 6.07) is 8.54. The van der Waals surface area contributed by atoms with Crippen LogP contribution in [0.5, 0.6) is 0 Å². The summed E-state index contributed by atoms with van der Waals surface area (Å²) in [7, 11) is 0. The summed E-state index contributed by atoms with van der Waals surface area (Å²) in [4.78, 5) is 13.7. The van der Waals surface area contributed by atoms with Crippen molar-refractivity contribution in [2.45, 2.75) is 38.8 Å². The highest BCUT2D eigenvalue weighted by atomic mass is 16.1. The maximum atomic E-state index is 11.5. The first kappa shape index (κ1) is 13.9. The molecule has 2 rings (SSSR count). The molecule has 19 heavy (non-hydrogen) atoms. The zero-order valence-corrected chi connectivity index (χ0v) is 11.7. The van der Waals surface area contributed by atoms with Gasteiger partial charge in [0, 0.05) is 24.8 Å².